The third-order valence-electron chi connectivity index (χ3n) is 3.33. The Morgan fingerprint density at radius 1 is 1.18 bits per heavy atom. The number of halogens is 2. The summed E-state index contributed by atoms with van der Waals surface area (Å²) in [4.78, 5) is 10.3. The molecule has 0 amide bonds. The molecule has 22 heavy (non-hydrogen) atoms. The van der Waals surface area contributed by atoms with Crippen molar-refractivity contribution in [3.8, 4) is 0 Å². The van der Waals surface area contributed by atoms with Gasteiger partial charge in [-0.05, 0) is 31.5 Å². The summed E-state index contributed by atoms with van der Waals surface area (Å²) >= 11 is 1.56. The van der Waals surface area contributed by atoms with Crippen LogP contribution in [0.15, 0.2) is 29.6 Å². The van der Waals surface area contributed by atoms with Gasteiger partial charge in [-0.25, -0.2) is 18.7 Å². The van der Waals surface area contributed by atoms with E-state index in [9.17, 15) is 8.78 Å². The standard InChI is InChI=1S/C15H12F2N4S/c1-8-9(2)22-15-13(8)14(18-7-19-15)21-20-6-10-11(16)4-3-5-12(10)17/h3-7H,1-2H3,(H,18,19,21). The molecule has 7 heteroatoms. The molecule has 0 bridgehead atoms. The molecule has 3 rings (SSSR count). The Morgan fingerprint density at radius 2 is 1.91 bits per heavy atom. The van der Waals surface area contributed by atoms with Gasteiger partial charge in [-0.3, -0.25) is 5.43 Å². The van der Waals surface area contributed by atoms with Gasteiger partial charge in [0.05, 0.1) is 17.2 Å². The Kier molecular flexibility index (Phi) is 3.81. The number of benzene rings is 1. The number of rotatable bonds is 3. The average molecular weight is 318 g/mol. The number of anilines is 1. The van der Waals surface area contributed by atoms with Crippen molar-refractivity contribution in [2.75, 3.05) is 5.43 Å². The van der Waals surface area contributed by atoms with E-state index >= 15 is 0 Å². The molecule has 0 aliphatic heterocycles. The second kappa shape index (κ2) is 5.76. The lowest BCUT2D eigenvalue weighted by Crippen LogP contribution is -1.98. The zero-order valence-electron chi connectivity index (χ0n) is 11.9. The number of aromatic nitrogens is 2. The van der Waals surface area contributed by atoms with Gasteiger partial charge in [0.1, 0.15) is 22.8 Å². The van der Waals surface area contributed by atoms with Crippen LogP contribution in [0.1, 0.15) is 16.0 Å². The smallest absolute Gasteiger partial charge is 0.158 e. The Hall–Kier alpha value is -2.41. The number of nitrogens with one attached hydrogen (secondary N) is 1. The molecular weight excluding hydrogens is 306 g/mol. The van der Waals surface area contributed by atoms with E-state index < -0.39 is 11.6 Å². The molecule has 0 saturated carbocycles. The van der Waals surface area contributed by atoms with Crippen LogP contribution in [-0.4, -0.2) is 16.2 Å². The second-order valence-corrected chi connectivity index (χ2v) is 5.89. The summed E-state index contributed by atoms with van der Waals surface area (Å²) < 4.78 is 27.0. The van der Waals surface area contributed by atoms with Crippen LogP contribution in [-0.2, 0) is 0 Å². The average Bonchev–Trinajstić information content (AvgIpc) is 2.78. The van der Waals surface area contributed by atoms with E-state index in [1.807, 2.05) is 13.8 Å². The monoisotopic (exact) mass is 318 g/mol. The summed E-state index contributed by atoms with van der Waals surface area (Å²) in [5.41, 5.74) is 3.61. The van der Waals surface area contributed by atoms with Gasteiger partial charge in [0.2, 0.25) is 0 Å². The first-order valence-electron chi connectivity index (χ1n) is 6.51. The Morgan fingerprint density at radius 3 is 2.64 bits per heavy atom. The molecule has 4 nitrogen and oxygen atoms in total. The first kappa shape index (κ1) is 14.5. The van der Waals surface area contributed by atoms with Crippen LogP contribution in [0.2, 0.25) is 0 Å². The van der Waals surface area contributed by atoms with Gasteiger partial charge < -0.3 is 0 Å². The van der Waals surface area contributed by atoms with Gasteiger partial charge in [0.15, 0.2) is 5.82 Å². The highest BCUT2D eigenvalue weighted by Crippen LogP contribution is 2.32. The third-order valence-corrected chi connectivity index (χ3v) is 4.44. The van der Waals surface area contributed by atoms with Gasteiger partial charge >= 0.3 is 0 Å². The summed E-state index contributed by atoms with van der Waals surface area (Å²) in [6.07, 6.45) is 2.53. The molecule has 3 aromatic rings. The summed E-state index contributed by atoms with van der Waals surface area (Å²) in [5, 5.41) is 4.76. The van der Waals surface area contributed by atoms with Gasteiger partial charge in [0, 0.05) is 4.88 Å². The van der Waals surface area contributed by atoms with E-state index in [1.165, 1.54) is 24.5 Å². The maximum absolute atomic E-state index is 13.5. The molecular formula is C15H12F2N4S. The van der Waals surface area contributed by atoms with Crippen molar-refractivity contribution in [2.24, 2.45) is 5.10 Å². The predicted molar refractivity (Wildman–Crippen MR) is 84.5 cm³/mol. The van der Waals surface area contributed by atoms with Crippen LogP contribution in [0.3, 0.4) is 0 Å². The normalized spacial score (nSPS) is 11.5. The zero-order valence-corrected chi connectivity index (χ0v) is 12.7. The Bertz CT molecular complexity index is 853. The Balaban J connectivity index is 1.93. The maximum atomic E-state index is 13.5. The molecule has 0 saturated heterocycles. The molecule has 0 unspecified atom stereocenters. The van der Waals surface area contributed by atoms with Crippen molar-refractivity contribution in [2.45, 2.75) is 13.8 Å². The molecule has 0 aliphatic rings. The van der Waals surface area contributed by atoms with Gasteiger partial charge in [-0.15, -0.1) is 11.3 Å². The molecule has 0 aliphatic carbocycles. The third kappa shape index (κ3) is 2.55. The van der Waals surface area contributed by atoms with Crippen LogP contribution in [0, 0.1) is 25.5 Å². The fourth-order valence-electron chi connectivity index (χ4n) is 2.06. The molecule has 112 valence electrons. The zero-order chi connectivity index (χ0) is 15.7. The van der Waals surface area contributed by atoms with Crippen molar-refractivity contribution >= 4 is 33.6 Å². The minimum Gasteiger partial charge on any atom is -0.261 e. The number of aryl methyl sites for hydroxylation is 2. The van der Waals surface area contributed by atoms with Crippen molar-refractivity contribution in [1.82, 2.24) is 9.97 Å². The second-order valence-electron chi connectivity index (χ2n) is 4.69. The summed E-state index contributed by atoms with van der Waals surface area (Å²) in [6, 6.07) is 3.67. The highest BCUT2D eigenvalue weighted by molar-refractivity contribution is 7.18. The van der Waals surface area contributed by atoms with E-state index in [-0.39, 0.29) is 5.56 Å². The quantitative estimate of drug-likeness (QED) is 0.586. The fraction of sp³-hybridized carbons (Fsp3) is 0.133. The highest BCUT2D eigenvalue weighted by Gasteiger charge is 2.11. The van der Waals surface area contributed by atoms with Crippen LogP contribution in [0.25, 0.3) is 10.2 Å². The lowest BCUT2D eigenvalue weighted by molar-refractivity contribution is 0.580. The van der Waals surface area contributed by atoms with Crippen LogP contribution < -0.4 is 5.43 Å². The summed E-state index contributed by atoms with van der Waals surface area (Å²) in [7, 11) is 0. The SMILES string of the molecule is Cc1sc2ncnc(NN=Cc3c(F)cccc3F)c2c1C. The van der Waals surface area contributed by atoms with E-state index in [2.05, 4.69) is 20.5 Å². The molecule has 0 fully saturated rings. The van der Waals surface area contributed by atoms with Crippen LogP contribution in [0.4, 0.5) is 14.6 Å². The summed E-state index contributed by atoms with van der Waals surface area (Å²) in [6.45, 7) is 3.98. The van der Waals surface area contributed by atoms with Gasteiger partial charge in [0.25, 0.3) is 0 Å². The lowest BCUT2D eigenvalue weighted by Gasteiger charge is -2.02. The first-order valence-corrected chi connectivity index (χ1v) is 7.33. The maximum Gasteiger partial charge on any atom is 0.158 e. The molecule has 1 N–H and O–H groups in total. The minimum absolute atomic E-state index is 0.196. The number of thiophene rings is 1. The molecule has 1 aromatic carbocycles. The number of hydrogen-bond acceptors (Lipinski definition) is 5. The number of hydrazone groups is 1. The molecule has 0 atom stereocenters. The number of hydrogen-bond donors (Lipinski definition) is 1. The lowest BCUT2D eigenvalue weighted by atomic mass is 10.2. The van der Waals surface area contributed by atoms with E-state index in [0.29, 0.717) is 5.82 Å². The predicted octanol–water partition coefficient (Wildman–Crippen LogP) is 4.03. The largest absolute Gasteiger partial charge is 0.261 e. The van der Waals surface area contributed by atoms with Crippen molar-refractivity contribution in [3.63, 3.8) is 0 Å². The minimum atomic E-state index is -0.666. The topological polar surface area (TPSA) is 50.2 Å². The molecule has 0 radical (unpaired) electrons. The van der Waals surface area contributed by atoms with Crippen LogP contribution >= 0.6 is 11.3 Å². The van der Waals surface area contributed by atoms with E-state index in [0.717, 1.165) is 26.9 Å². The molecule has 0 spiro atoms. The van der Waals surface area contributed by atoms with Crippen molar-refractivity contribution in [1.29, 1.82) is 0 Å². The molecule has 2 heterocycles. The number of fused-ring (bicyclic) bond motifs is 1. The van der Waals surface area contributed by atoms with Crippen LogP contribution in [0.5, 0.6) is 0 Å². The Labute approximate surface area is 129 Å². The first-order chi connectivity index (χ1) is 10.6. The van der Waals surface area contributed by atoms with Gasteiger partial charge in [-0.2, -0.15) is 5.10 Å². The van der Waals surface area contributed by atoms with Crippen molar-refractivity contribution < 1.29 is 8.78 Å². The summed E-state index contributed by atoms with van der Waals surface area (Å²) in [5.74, 6) is -0.818. The highest BCUT2D eigenvalue weighted by atomic mass is 32.1. The molecule has 2 aromatic heterocycles. The fourth-order valence-corrected chi connectivity index (χ4v) is 3.06. The van der Waals surface area contributed by atoms with Gasteiger partial charge in [-0.1, -0.05) is 6.07 Å². The van der Waals surface area contributed by atoms with E-state index in [4.69, 9.17) is 0 Å². The van der Waals surface area contributed by atoms with E-state index in [1.54, 1.807) is 11.3 Å². The van der Waals surface area contributed by atoms with Crippen molar-refractivity contribution in [3.05, 3.63) is 52.2 Å². The number of nitrogens with zero attached hydrogens (tertiary/aromatic N) is 3.